The molecule has 0 aliphatic carbocycles. The smallest absolute Gasteiger partial charge is 0.0718 e. The van der Waals surface area contributed by atoms with Crippen LogP contribution in [0.25, 0.3) is 0 Å². The first-order valence-electron chi connectivity index (χ1n) is 8.69. The van der Waals surface area contributed by atoms with E-state index in [0.717, 1.165) is 19.4 Å². The number of unbranched alkanes of at least 4 members (excludes halogenated alkanes) is 2. The van der Waals surface area contributed by atoms with E-state index < -0.39 is 0 Å². The summed E-state index contributed by atoms with van der Waals surface area (Å²) >= 11 is 0. The number of hydrogen-bond acceptors (Lipinski definition) is 1. The molecular weight excluding hydrogens is 280 g/mol. The zero-order valence-corrected chi connectivity index (χ0v) is 14.2. The van der Waals surface area contributed by atoms with Crippen LogP contribution in [0.15, 0.2) is 73.3 Å². The highest BCUT2D eigenvalue weighted by atomic mass is 16.5. The summed E-state index contributed by atoms with van der Waals surface area (Å²) in [6, 6.07) is 21.3. The van der Waals surface area contributed by atoms with Gasteiger partial charge in [-0.3, -0.25) is 0 Å². The Morgan fingerprint density at radius 3 is 1.96 bits per heavy atom. The van der Waals surface area contributed by atoms with Crippen LogP contribution in [0.5, 0.6) is 0 Å². The number of benzene rings is 2. The molecular formula is C22H28O. The highest BCUT2D eigenvalue weighted by Gasteiger charge is 2.24. The molecule has 2 aromatic carbocycles. The third-order valence-electron chi connectivity index (χ3n) is 4.17. The van der Waals surface area contributed by atoms with Gasteiger partial charge in [0, 0.05) is 12.5 Å². The van der Waals surface area contributed by atoms with Crippen molar-refractivity contribution < 1.29 is 4.74 Å². The molecule has 0 aromatic heterocycles. The SMILES string of the molecule is C=CC[C@@H](OCCCCC)C(c1ccccc1)c1ccccc1. The Balaban J connectivity index is 2.24. The van der Waals surface area contributed by atoms with Crippen LogP contribution < -0.4 is 0 Å². The van der Waals surface area contributed by atoms with E-state index in [9.17, 15) is 0 Å². The minimum Gasteiger partial charge on any atom is -0.377 e. The second-order valence-corrected chi connectivity index (χ2v) is 5.94. The lowest BCUT2D eigenvalue weighted by molar-refractivity contribution is 0.0419. The second-order valence-electron chi connectivity index (χ2n) is 5.94. The largest absolute Gasteiger partial charge is 0.377 e. The van der Waals surface area contributed by atoms with E-state index in [0.29, 0.717) is 0 Å². The number of ether oxygens (including phenoxy) is 1. The fourth-order valence-electron chi connectivity index (χ4n) is 2.99. The van der Waals surface area contributed by atoms with Crippen LogP contribution in [0, 0.1) is 0 Å². The summed E-state index contributed by atoms with van der Waals surface area (Å²) in [6.45, 7) is 6.98. The predicted molar refractivity (Wildman–Crippen MR) is 98.8 cm³/mol. The summed E-state index contributed by atoms with van der Waals surface area (Å²) in [5.74, 6) is 0.247. The van der Waals surface area contributed by atoms with Crippen molar-refractivity contribution in [2.45, 2.75) is 44.6 Å². The van der Waals surface area contributed by atoms with Crippen molar-refractivity contribution in [2.75, 3.05) is 6.61 Å². The molecule has 0 aliphatic rings. The summed E-state index contributed by atoms with van der Waals surface area (Å²) in [5.41, 5.74) is 2.61. The van der Waals surface area contributed by atoms with E-state index in [1.165, 1.54) is 24.0 Å². The first-order chi connectivity index (χ1) is 11.4. The Hall–Kier alpha value is -1.86. The lowest BCUT2D eigenvalue weighted by Crippen LogP contribution is -2.23. The highest BCUT2D eigenvalue weighted by Crippen LogP contribution is 2.31. The van der Waals surface area contributed by atoms with Crippen LogP contribution in [-0.2, 0) is 4.74 Å². The van der Waals surface area contributed by atoms with Crippen LogP contribution in [0.2, 0.25) is 0 Å². The average Bonchev–Trinajstić information content (AvgIpc) is 2.61. The van der Waals surface area contributed by atoms with Crippen LogP contribution >= 0.6 is 0 Å². The summed E-state index contributed by atoms with van der Waals surface area (Å²) in [7, 11) is 0. The topological polar surface area (TPSA) is 9.23 Å². The maximum atomic E-state index is 6.28. The van der Waals surface area contributed by atoms with Gasteiger partial charge in [-0.25, -0.2) is 0 Å². The molecule has 2 aromatic rings. The maximum absolute atomic E-state index is 6.28. The van der Waals surface area contributed by atoms with E-state index in [4.69, 9.17) is 4.74 Å². The standard InChI is InChI=1S/C22H28O/c1-3-5-12-18-23-21(13-4-2)22(19-14-8-6-9-15-19)20-16-10-7-11-17-20/h4,6-11,14-17,21-22H,2-3,5,12-13,18H2,1H3/t21-/m1/s1. The molecule has 0 heterocycles. The zero-order valence-electron chi connectivity index (χ0n) is 14.2. The van der Waals surface area contributed by atoms with Crippen molar-refractivity contribution in [3.05, 3.63) is 84.4 Å². The predicted octanol–water partition coefficient (Wildman–Crippen LogP) is 5.97. The number of hydrogen-bond donors (Lipinski definition) is 0. The fraction of sp³-hybridized carbons (Fsp3) is 0.364. The Bertz CT molecular complexity index is 507. The van der Waals surface area contributed by atoms with Crippen LogP contribution in [0.1, 0.15) is 49.7 Å². The van der Waals surface area contributed by atoms with Crippen molar-refractivity contribution in [1.29, 1.82) is 0 Å². The zero-order chi connectivity index (χ0) is 16.3. The molecule has 0 aliphatic heterocycles. The summed E-state index contributed by atoms with van der Waals surface area (Å²) in [6.07, 6.45) is 6.54. The Morgan fingerprint density at radius 1 is 0.913 bits per heavy atom. The molecule has 0 saturated carbocycles. The minimum absolute atomic E-state index is 0.133. The van der Waals surface area contributed by atoms with E-state index >= 15 is 0 Å². The highest BCUT2D eigenvalue weighted by molar-refractivity contribution is 5.34. The molecule has 1 atom stereocenters. The van der Waals surface area contributed by atoms with E-state index in [2.05, 4.69) is 74.2 Å². The van der Waals surface area contributed by atoms with Gasteiger partial charge in [-0.15, -0.1) is 6.58 Å². The van der Waals surface area contributed by atoms with Gasteiger partial charge >= 0.3 is 0 Å². The van der Waals surface area contributed by atoms with Gasteiger partial charge in [0.2, 0.25) is 0 Å². The molecule has 0 radical (unpaired) electrons. The van der Waals surface area contributed by atoms with Crippen molar-refractivity contribution in [3.8, 4) is 0 Å². The molecule has 23 heavy (non-hydrogen) atoms. The molecule has 1 nitrogen and oxygen atoms in total. The molecule has 0 saturated heterocycles. The van der Waals surface area contributed by atoms with Crippen molar-refractivity contribution in [3.63, 3.8) is 0 Å². The molecule has 0 spiro atoms. The van der Waals surface area contributed by atoms with Gasteiger partial charge in [-0.2, -0.15) is 0 Å². The second kappa shape index (κ2) is 10.0. The lowest BCUT2D eigenvalue weighted by Gasteiger charge is -2.28. The molecule has 122 valence electrons. The molecule has 0 bridgehead atoms. The third kappa shape index (κ3) is 5.37. The van der Waals surface area contributed by atoms with Crippen LogP contribution in [0.4, 0.5) is 0 Å². The van der Waals surface area contributed by atoms with Gasteiger partial charge in [0.1, 0.15) is 0 Å². The van der Waals surface area contributed by atoms with Gasteiger partial charge in [0.05, 0.1) is 6.10 Å². The minimum atomic E-state index is 0.133. The Labute approximate surface area is 141 Å². The molecule has 0 unspecified atom stereocenters. The van der Waals surface area contributed by atoms with Gasteiger partial charge in [0.25, 0.3) is 0 Å². The first-order valence-corrected chi connectivity index (χ1v) is 8.69. The maximum Gasteiger partial charge on any atom is 0.0718 e. The molecule has 0 fully saturated rings. The van der Waals surface area contributed by atoms with Gasteiger partial charge in [-0.1, -0.05) is 86.5 Å². The van der Waals surface area contributed by atoms with Crippen LogP contribution in [0.3, 0.4) is 0 Å². The molecule has 1 heteroatoms. The van der Waals surface area contributed by atoms with E-state index in [-0.39, 0.29) is 12.0 Å². The third-order valence-corrected chi connectivity index (χ3v) is 4.17. The summed E-state index contributed by atoms with van der Waals surface area (Å²) in [5, 5.41) is 0. The van der Waals surface area contributed by atoms with Crippen LogP contribution in [-0.4, -0.2) is 12.7 Å². The molecule has 0 N–H and O–H groups in total. The van der Waals surface area contributed by atoms with Gasteiger partial charge < -0.3 is 4.74 Å². The normalized spacial score (nSPS) is 12.3. The number of rotatable bonds is 10. The summed E-state index contributed by atoms with van der Waals surface area (Å²) in [4.78, 5) is 0. The first kappa shape index (κ1) is 17.5. The quantitative estimate of drug-likeness (QED) is 0.388. The average molecular weight is 308 g/mol. The van der Waals surface area contributed by atoms with Gasteiger partial charge in [0.15, 0.2) is 0 Å². The van der Waals surface area contributed by atoms with Crippen molar-refractivity contribution in [2.24, 2.45) is 0 Å². The summed E-state index contributed by atoms with van der Waals surface area (Å²) < 4.78 is 6.28. The van der Waals surface area contributed by atoms with Crippen molar-refractivity contribution >= 4 is 0 Å². The Morgan fingerprint density at radius 2 is 1.48 bits per heavy atom. The van der Waals surface area contributed by atoms with E-state index in [1.807, 2.05) is 6.08 Å². The monoisotopic (exact) mass is 308 g/mol. The van der Waals surface area contributed by atoms with E-state index in [1.54, 1.807) is 0 Å². The Kier molecular flexibility index (Phi) is 7.62. The fourth-order valence-corrected chi connectivity index (χ4v) is 2.99. The van der Waals surface area contributed by atoms with Crippen molar-refractivity contribution in [1.82, 2.24) is 0 Å². The molecule has 0 amide bonds. The lowest BCUT2D eigenvalue weighted by atomic mass is 9.85. The van der Waals surface area contributed by atoms with Gasteiger partial charge in [-0.05, 0) is 24.0 Å². The molecule has 2 rings (SSSR count).